The summed E-state index contributed by atoms with van der Waals surface area (Å²) in [5.41, 5.74) is 1.52. The first-order chi connectivity index (χ1) is 13.4. The van der Waals surface area contributed by atoms with Gasteiger partial charge in [0.25, 0.3) is 5.24 Å². The van der Waals surface area contributed by atoms with Gasteiger partial charge in [-0.25, -0.2) is 4.79 Å². The summed E-state index contributed by atoms with van der Waals surface area (Å²) in [7, 11) is 0. The van der Waals surface area contributed by atoms with E-state index in [1.807, 2.05) is 12.1 Å². The average Bonchev–Trinajstić information content (AvgIpc) is 2.99. The number of imide groups is 1. The third-order valence-corrected chi connectivity index (χ3v) is 6.12. The Morgan fingerprint density at radius 1 is 1.29 bits per heavy atom. The van der Waals surface area contributed by atoms with E-state index in [1.54, 1.807) is 12.1 Å². The molecule has 152 valence electrons. The number of hydrogen-bond donors (Lipinski definition) is 2. The van der Waals surface area contributed by atoms with Gasteiger partial charge in [0, 0.05) is 24.8 Å². The number of benzene rings is 1. The van der Waals surface area contributed by atoms with Gasteiger partial charge in [-0.1, -0.05) is 30.8 Å². The molecule has 2 heterocycles. The molecular weight excluding hydrogens is 376 g/mol. The standard InChI is InChI=1S/C20H28N4O3S/c1-14-4-3-9-23(11-14)15(2)10-21-19(26)22-17-7-5-16(6-8-17)12-24-18(25)13-28-20(24)27/h5-8,14-15H,3-4,9-13H2,1-2H3,(H2,21,22,26). The second-order valence-electron chi connectivity index (χ2n) is 7.66. The number of carbonyl (C=O) groups excluding carboxylic acids is 3. The molecule has 2 atom stereocenters. The molecule has 0 radical (unpaired) electrons. The fourth-order valence-corrected chi connectivity index (χ4v) is 4.31. The summed E-state index contributed by atoms with van der Waals surface area (Å²) in [5, 5.41) is 5.56. The van der Waals surface area contributed by atoms with Crippen molar-refractivity contribution >= 4 is 34.6 Å². The number of nitrogens with one attached hydrogen (secondary N) is 2. The maximum atomic E-state index is 12.2. The first-order valence-corrected chi connectivity index (χ1v) is 10.8. The average molecular weight is 405 g/mol. The van der Waals surface area contributed by atoms with Crippen LogP contribution in [-0.2, 0) is 11.3 Å². The van der Waals surface area contributed by atoms with Crippen molar-refractivity contribution in [2.45, 2.75) is 39.3 Å². The molecule has 2 aliphatic rings. The van der Waals surface area contributed by atoms with Crippen molar-refractivity contribution in [3.8, 4) is 0 Å². The predicted molar refractivity (Wildman–Crippen MR) is 111 cm³/mol. The Hall–Kier alpha value is -2.06. The van der Waals surface area contributed by atoms with Gasteiger partial charge in [0.05, 0.1) is 12.3 Å². The Morgan fingerprint density at radius 2 is 2.04 bits per heavy atom. The highest BCUT2D eigenvalue weighted by Gasteiger charge is 2.29. The number of nitrogens with zero attached hydrogens (tertiary/aromatic N) is 2. The van der Waals surface area contributed by atoms with Gasteiger partial charge in [-0.05, 0) is 49.9 Å². The lowest BCUT2D eigenvalue weighted by Crippen LogP contribution is -2.47. The van der Waals surface area contributed by atoms with E-state index < -0.39 is 0 Å². The molecule has 7 nitrogen and oxygen atoms in total. The van der Waals surface area contributed by atoms with Gasteiger partial charge in [0.2, 0.25) is 5.91 Å². The highest BCUT2D eigenvalue weighted by atomic mass is 32.2. The lowest BCUT2D eigenvalue weighted by Gasteiger charge is -2.35. The topological polar surface area (TPSA) is 81.8 Å². The van der Waals surface area contributed by atoms with Crippen LogP contribution in [0.3, 0.4) is 0 Å². The van der Waals surface area contributed by atoms with Crippen molar-refractivity contribution in [1.29, 1.82) is 0 Å². The van der Waals surface area contributed by atoms with Gasteiger partial charge >= 0.3 is 6.03 Å². The molecule has 0 aliphatic carbocycles. The molecule has 28 heavy (non-hydrogen) atoms. The van der Waals surface area contributed by atoms with Crippen LogP contribution in [0, 0.1) is 5.92 Å². The third kappa shape index (κ3) is 5.48. The zero-order chi connectivity index (χ0) is 20.1. The van der Waals surface area contributed by atoms with Crippen molar-refractivity contribution in [3.63, 3.8) is 0 Å². The summed E-state index contributed by atoms with van der Waals surface area (Å²) >= 11 is 1.03. The monoisotopic (exact) mass is 404 g/mol. The van der Waals surface area contributed by atoms with Gasteiger partial charge < -0.3 is 10.6 Å². The number of anilines is 1. The quantitative estimate of drug-likeness (QED) is 0.761. The van der Waals surface area contributed by atoms with Crippen LogP contribution in [0.4, 0.5) is 15.3 Å². The summed E-state index contributed by atoms with van der Waals surface area (Å²) in [4.78, 5) is 39.2. The largest absolute Gasteiger partial charge is 0.336 e. The summed E-state index contributed by atoms with van der Waals surface area (Å²) in [6, 6.07) is 7.27. The molecule has 1 aromatic carbocycles. The molecule has 0 spiro atoms. The Bertz CT molecular complexity index is 709. The molecule has 2 fully saturated rings. The van der Waals surface area contributed by atoms with Crippen molar-refractivity contribution in [2.24, 2.45) is 5.92 Å². The molecule has 4 amide bonds. The Morgan fingerprint density at radius 3 is 2.68 bits per heavy atom. The molecule has 0 bridgehead atoms. The zero-order valence-electron chi connectivity index (χ0n) is 16.4. The maximum absolute atomic E-state index is 12.2. The highest BCUT2D eigenvalue weighted by molar-refractivity contribution is 8.14. The lowest BCUT2D eigenvalue weighted by molar-refractivity contribution is -0.125. The normalized spacial score (nSPS) is 21.6. The summed E-state index contributed by atoms with van der Waals surface area (Å²) < 4.78 is 0. The van der Waals surface area contributed by atoms with Crippen molar-refractivity contribution in [3.05, 3.63) is 29.8 Å². The number of hydrogen-bond acceptors (Lipinski definition) is 5. The Kier molecular flexibility index (Phi) is 6.96. The van der Waals surface area contributed by atoms with Gasteiger partial charge in [-0.3, -0.25) is 19.4 Å². The predicted octanol–water partition coefficient (Wildman–Crippen LogP) is 3.12. The van der Waals surface area contributed by atoms with Crippen LogP contribution in [0.15, 0.2) is 24.3 Å². The van der Waals surface area contributed by atoms with E-state index in [0.29, 0.717) is 24.2 Å². The fraction of sp³-hybridized carbons (Fsp3) is 0.550. The number of piperidine rings is 1. The number of rotatable bonds is 6. The minimum absolute atomic E-state index is 0.159. The first-order valence-electron chi connectivity index (χ1n) is 9.77. The minimum Gasteiger partial charge on any atom is -0.336 e. The van der Waals surface area contributed by atoms with Gasteiger partial charge in [-0.15, -0.1) is 0 Å². The van der Waals surface area contributed by atoms with E-state index in [9.17, 15) is 14.4 Å². The number of likely N-dealkylation sites (tertiary alicyclic amines) is 1. The highest BCUT2D eigenvalue weighted by Crippen LogP contribution is 2.22. The summed E-state index contributed by atoms with van der Waals surface area (Å²) in [6.07, 6.45) is 2.50. The second kappa shape index (κ2) is 9.43. The Balaban J connectivity index is 1.44. The van der Waals surface area contributed by atoms with Gasteiger partial charge in [0.15, 0.2) is 0 Å². The molecule has 8 heteroatoms. The van der Waals surface area contributed by atoms with E-state index >= 15 is 0 Å². The lowest BCUT2D eigenvalue weighted by atomic mass is 9.99. The van der Waals surface area contributed by atoms with Crippen molar-refractivity contribution in [2.75, 3.05) is 30.7 Å². The van der Waals surface area contributed by atoms with Crippen LogP contribution in [0.25, 0.3) is 0 Å². The molecule has 2 aliphatic heterocycles. The number of amides is 4. The van der Waals surface area contributed by atoms with Crippen LogP contribution in [0.2, 0.25) is 0 Å². The smallest absolute Gasteiger partial charge is 0.319 e. The zero-order valence-corrected chi connectivity index (χ0v) is 17.3. The van der Waals surface area contributed by atoms with Crippen LogP contribution >= 0.6 is 11.8 Å². The van der Waals surface area contributed by atoms with E-state index in [4.69, 9.17) is 0 Å². The molecule has 2 unspecified atom stereocenters. The number of thioether (sulfide) groups is 1. The fourth-order valence-electron chi connectivity index (χ4n) is 3.58. The molecule has 1 aromatic rings. The number of carbonyl (C=O) groups is 3. The molecule has 0 saturated carbocycles. The maximum Gasteiger partial charge on any atom is 0.319 e. The van der Waals surface area contributed by atoms with Crippen LogP contribution in [-0.4, -0.2) is 58.4 Å². The van der Waals surface area contributed by atoms with E-state index in [2.05, 4.69) is 29.4 Å². The van der Waals surface area contributed by atoms with E-state index in [-0.39, 0.29) is 29.5 Å². The second-order valence-corrected chi connectivity index (χ2v) is 8.58. The van der Waals surface area contributed by atoms with Crippen molar-refractivity contribution < 1.29 is 14.4 Å². The third-order valence-electron chi connectivity index (χ3n) is 5.26. The molecule has 2 saturated heterocycles. The summed E-state index contributed by atoms with van der Waals surface area (Å²) in [6.45, 7) is 7.48. The van der Waals surface area contributed by atoms with Crippen LogP contribution in [0.5, 0.6) is 0 Å². The van der Waals surface area contributed by atoms with Crippen LogP contribution < -0.4 is 10.6 Å². The molecule has 0 aromatic heterocycles. The minimum atomic E-state index is -0.231. The molecule has 2 N–H and O–H groups in total. The number of urea groups is 1. The van der Waals surface area contributed by atoms with Crippen molar-refractivity contribution in [1.82, 2.24) is 15.1 Å². The van der Waals surface area contributed by atoms with Crippen LogP contribution in [0.1, 0.15) is 32.3 Å². The first kappa shape index (κ1) is 20.7. The molecular formula is C20H28N4O3S. The van der Waals surface area contributed by atoms with Gasteiger partial charge in [-0.2, -0.15) is 0 Å². The Labute approximate surface area is 170 Å². The molecule has 3 rings (SSSR count). The van der Waals surface area contributed by atoms with Gasteiger partial charge in [0.1, 0.15) is 0 Å². The summed E-state index contributed by atoms with van der Waals surface area (Å²) in [5.74, 6) is 0.773. The van der Waals surface area contributed by atoms with E-state index in [0.717, 1.165) is 30.4 Å². The SMILES string of the molecule is CC1CCCN(C(C)CNC(=O)Nc2ccc(CN3C(=O)CSC3=O)cc2)C1. The van der Waals surface area contributed by atoms with E-state index in [1.165, 1.54) is 17.7 Å².